The fourth-order valence-electron chi connectivity index (χ4n) is 2.61. The van der Waals surface area contributed by atoms with Crippen molar-refractivity contribution in [2.24, 2.45) is 7.05 Å². The summed E-state index contributed by atoms with van der Waals surface area (Å²) >= 11 is 0. The fraction of sp³-hybridized carbons (Fsp3) is 0.312. The summed E-state index contributed by atoms with van der Waals surface area (Å²) in [6, 6.07) is 11.6. The number of rotatable bonds is 4. The summed E-state index contributed by atoms with van der Waals surface area (Å²) in [5, 5.41) is 3.16. The second-order valence-corrected chi connectivity index (χ2v) is 5.24. The van der Waals surface area contributed by atoms with Crippen LogP contribution in [0, 0.1) is 0 Å². The van der Waals surface area contributed by atoms with Crippen molar-refractivity contribution in [3.63, 3.8) is 0 Å². The Hall–Kier alpha value is -2.23. The summed E-state index contributed by atoms with van der Waals surface area (Å²) < 4.78 is 7.24. The molecule has 1 fully saturated rings. The van der Waals surface area contributed by atoms with Gasteiger partial charge in [0.25, 0.3) is 5.91 Å². The van der Waals surface area contributed by atoms with Crippen LogP contribution in [0.15, 0.2) is 42.6 Å². The second-order valence-electron chi connectivity index (χ2n) is 5.24. The summed E-state index contributed by atoms with van der Waals surface area (Å²) in [4.78, 5) is 12.4. The molecule has 1 aliphatic rings. The molecule has 0 atom stereocenters. The van der Waals surface area contributed by atoms with Crippen molar-refractivity contribution >= 4 is 5.91 Å². The molecular formula is C16H18N2O2. The molecule has 104 valence electrons. The van der Waals surface area contributed by atoms with Crippen LogP contribution in [-0.2, 0) is 12.6 Å². The van der Waals surface area contributed by atoms with E-state index in [0.29, 0.717) is 5.69 Å². The maximum atomic E-state index is 12.4. The van der Waals surface area contributed by atoms with E-state index in [-0.39, 0.29) is 11.4 Å². The van der Waals surface area contributed by atoms with Gasteiger partial charge in [-0.15, -0.1) is 0 Å². The smallest absolute Gasteiger partial charge is 0.268 e. The largest absolute Gasteiger partial charge is 0.496 e. The molecule has 20 heavy (non-hydrogen) atoms. The van der Waals surface area contributed by atoms with E-state index in [9.17, 15) is 4.79 Å². The molecule has 1 amide bonds. The molecule has 1 N–H and O–H groups in total. The number of nitrogens with zero attached hydrogens (tertiary/aromatic N) is 1. The molecule has 4 heteroatoms. The van der Waals surface area contributed by atoms with E-state index in [0.717, 1.165) is 24.2 Å². The van der Waals surface area contributed by atoms with Crippen molar-refractivity contribution in [1.82, 2.24) is 9.88 Å². The van der Waals surface area contributed by atoms with Crippen LogP contribution in [0.5, 0.6) is 5.75 Å². The fourth-order valence-corrected chi connectivity index (χ4v) is 2.61. The highest BCUT2D eigenvalue weighted by atomic mass is 16.5. The minimum absolute atomic E-state index is 0.0408. The first-order valence-electron chi connectivity index (χ1n) is 6.74. The van der Waals surface area contributed by atoms with Crippen molar-refractivity contribution in [1.29, 1.82) is 0 Å². The molecule has 0 bridgehead atoms. The van der Waals surface area contributed by atoms with Gasteiger partial charge in [0.1, 0.15) is 11.4 Å². The number of para-hydroxylation sites is 1. The Kier molecular flexibility index (Phi) is 3.01. The molecule has 4 nitrogen and oxygen atoms in total. The van der Waals surface area contributed by atoms with Gasteiger partial charge in [-0.2, -0.15) is 0 Å². The third kappa shape index (κ3) is 2.07. The monoisotopic (exact) mass is 270 g/mol. The third-order valence-electron chi connectivity index (χ3n) is 3.90. The number of aromatic nitrogens is 1. The van der Waals surface area contributed by atoms with Crippen molar-refractivity contribution in [2.75, 3.05) is 7.11 Å². The summed E-state index contributed by atoms with van der Waals surface area (Å²) in [5.74, 6) is 0.790. The molecule has 3 rings (SSSR count). The Morgan fingerprint density at radius 2 is 2.00 bits per heavy atom. The van der Waals surface area contributed by atoms with E-state index in [1.807, 2.05) is 54.2 Å². The van der Waals surface area contributed by atoms with Gasteiger partial charge in [0, 0.05) is 18.8 Å². The first kappa shape index (κ1) is 12.8. The van der Waals surface area contributed by atoms with Gasteiger partial charge in [0.15, 0.2) is 0 Å². The van der Waals surface area contributed by atoms with Gasteiger partial charge in [0.05, 0.1) is 12.6 Å². The number of hydrogen-bond acceptors (Lipinski definition) is 2. The van der Waals surface area contributed by atoms with Gasteiger partial charge in [-0.25, -0.2) is 0 Å². The van der Waals surface area contributed by atoms with E-state index < -0.39 is 0 Å². The molecule has 1 heterocycles. The molecule has 0 unspecified atom stereocenters. The topological polar surface area (TPSA) is 43.3 Å². The maximum absolute atomic E-state index is 12.4. The van der Waals surface area contributed by atoms with Gasteiger partial charge in [0.2, 0.25) is 0 Å². The van der Waals surface area contributed by atoms with Crippen molar-refractivity contribution in [3.05, 3.63) is 53.9 Å². The minimum atomic E-state index is -0.270. The predicted molar refractivity (Wildman–Crippen MR) is 76.8 cm³/mol. The van der Waals surface area contributed by atoms with Crippen LogP contribution in [0.4, 0.5) is 0 Å². The lowest BCUT2D eigenvalue weighted by Gasteiger charge is -2.20. The van der Waals surface area contributed by atoms with Crippen molar-refractivity contribution in [2.45, 2.75) is 18.4 Å². The number of carbonyl (C=O) groups is 1. The number of benzene rings is 1. The molecular weight excluding hydrogens is 252 g/mol. The van der Waals surface area contributed by atoms with E-state index >= 15 is 0 Å². The number of hydrogen-bond donors (Lipinski definition) is 1. The van der Waals surface area contributed by atoms with Gasteiger partial charge in [-0.1, -0.05) is 18.2 Å². The summed E-state index contributed by atoms with van der Waals surface area (Å²) in [7, 11) is 3.53. The van der Waals surface area contributed by atoms with E-state index in [1.54, 1.807) is 7.11 Å². The Balaban J connectivity index is 1.87. The van der Waals surface area contributed by atoms with Crippen LogP contribution < -0.4 is 10.1 Å². The lowest BCUT2D eigenvalue weighted by molar-refractivity contribution is 0.0922. The zero-order chi connectivity index (χ0) is 14.2. The Labute approximate surface area is 118 Å². The molecule has 0 aliphatic heterocycles. The number of nitrogens with one attached hydrogen (secondary N) is 1. The number of aryl methyl sites for hydroxylation is 1. The number of ether oxygens (including phenoxy) is 1. The van der Waals surface area contributed by atoms with E-state index in [4.69, 9.17) is 4.74 Å². The highest BCUT2D eigenvalue weighted by molar-refractivity contribution is 5.93. The van der Waals surface area contributed by atoms with Crippen LogP contribution >= 0.6 is 0 Å². The highest BCUT2D eigenvalue weighted by Crippen LogP contribution is 2.48. The van der Waals surface area contributed by atoms with Crippen LogP contribution in [-0.4, -0.2) is 17.6 Å². The summed E-state index contributed by atoms with van der Waals surface area (Å²) in [6.45, 7) is 0. The zero-order valence-electron chi connectivity index (χ0n) is 11.7. The van der Waals surface area contributed by atoms with Crippen LogP contribution in [0.2, 0.25) is 0 Å². The van der Waals surface area contributed by atoms with E-state index in [1.165, 1.54) is 0 Å². The SMILES string of the molecule is COc1ccccc1C1(NC(=O)c2cccn2C)CC1. The molecule has 1 aromatic heterocycles. The number of carbonyl (C=O) groups excluding carboxylic acids is 1. The molecule has 0 radical (unpaired) electrons. The standard InChI is InChI=1S/C16H18N2O2/c1-18-11-5-7-13(18)15(19)17-16(9-10-16)12-6-3-4-8-14(12)20-2/h3-8,11H,9-10H2,1-2H3,(H,17,19). The van der Waals surface area contributed by atoms with E-state index in [2.05, 4.69) is 5.32 Å². The first-order chi connectivity index (χ1) is 9.66. The lowest BCUT2D eigenvalue weighted by Crippen LogP contribution is -2.36. The molecule has 1 aliphatic carbocycles. The predicted octanol–water partition coefficient (Wildman–Crippen LogP) is 2.45. The van der Waals surface area contributed by atoms with Crippen LogP contribution in [0.3, 0.4) is 0 Å². The van der Waals surface area contributed by atoms with Gasteiger partial charge in [-0.3, -0.25) is 4.79 Å². The normalized spacial score (nSPS) is 15.7. The third-order valence-corrected chi connectivity index (χ3v) is 3.90. The Morgan fingerprint density at radius 3 is 2.60 bits per heavy atom. The van der Waals surface area contributed by atoms with Crippen molar-refractivity contribution in [3.8, 4) is 5.75 Å². The Bertz CT molecular complexity index is 641. The van der Waals surface area contributed by atoms with Gasteiger partial charge in [-0.05, 0) is 31.0 Å². The average molecular weight is 270 g/mol. The molecule has 1 saturated carbocycles. The minimum Gasteiger partial charge on any atom is -0.496 e. The molecule has 2 aromatic rings. The first-order valence-corrected chi connectivity index (χ1v) is 6.74. The molecule has 1 aromatic carbocycles. The van der Waals surface area contributed by atoms with Gasteiger partial charge >= 0.3 is 0 Å². The average Bonchev–Trinajstić information content (AvgIpc) is 3.11. The molecule has 0 saturated heterocycles. The number of methoxy groups -OCH3 is 1. The Morgan fingerprint density at radius 1 is 1.25 bits per heavy atom. The second kappa shape index (κ2) is 4.71. The van der Waals surface area contributed by atoms with Crippen LogP contribution in [0.1, 0.15) is 28.9 Å². The lowest BCUT2D eigenvalue weighted by atomic mass is 10.0. The highest BCUT2D eigenvalue weighted by Gasteiger charge is 2.47. The number of amides is 1. The maximum Gasteiger partial charge on any atom is 0.268 e. The quantitative estimate of drug-likeness (QED) is 0.927. The van der Waals surface area contributed by atoms with Crippen molar-refractivity contribution < 1.29 is 9.53 Å². The summed E-state index contributed by atoms with van der Waals surface area (Å²) in [5.41, 5.74) is 1.46. The summed E-state index contributed by atoms with van der Waals surface area (Å²) in [6.07, 6.45) is 3.77. The molecule has 0 spiro atoms. The van der Waals surface area contributed by atoms with Gasteiger partial charge < -0.3 is 14.6 Å². The van der Waals surface area contributed by atoms with Crippen LogP contribution in [0.25, 0.3) is 0 Å². The zero-order valence-corrected chi connectivity index (χ0v) is 11.7.